The number of esters is 1. The number of amides is 1. The van der Waals surface area contributed by atoms with Crippen LogP contribution in [0.1, 0.15) is 20.7 Å². The fourth-order valence-corrected chi connectivity index (χ4v) is 3.07. The number of aromatic nitrogens is 2. The lowest BCUT2D eigenvalue weighted by Crippen LogP contribution is -2.26. The Morgan fingerprint density at radius 3 is 2.45 bits per heavy atom. The van der Waals surface area contributed by atoms with Crippen LogP contribution in [0, 0.1) is 5.82 Å². The van der Waals surface area contributed by atoms with Gasteiger partial charge in [-0.15, -0.1) is 0 Å². The van der Waals surface area contributed by atoms with E-state index in [1.807, 2.05) is 12.1 Å². The largest absolute Gasteiger partial charge is 0.465 e. The van der Waals surface area contributed by atoms with Gasteiger partial charge in [-0.2, -0.15) is 5.10 Å². The molecular weight excluding hydrogens is 373 g/mol. The molecule has 1 heterocycles. The number of halogens is 1. The Balaban J connectivity index is 1.82. The maximum absolute atomic E-state index is 13.5. The van der Waals surface area contributed by atoms with Gasteiger partial charge in [-0.25, -0.2) is 9.18 Å². The third-order valence-corrected chi connectivity index (χ3v) is 4.50. The SMILES string of the molecule is COC(=O)c1cccc(C(=O)N(c2ccc(F)cc2)c2ccc3[nH]ncc3c2)c1. The van der Waals surface area contributed by atoms with Crippen molar-refractivity contribution in [3.8, 4) is 0 Å². The van der Waals surface area contributed by atoms with Gasteiger partial charge in [0.1, 0.15) is 5.82 Å². The zero-order valence-electron chi connectivity index (χ0n) is 15.4. The molecule has 0 spiro atoms. The molecular formula is C22H16FN3O3. The van der Waals surface area contributed by atoms with E-state index in [1.165, 1.54) is 42.3 Å². The summed E-state index contributed by atoms with van der Waals surface area (Å²) in [5.74, 6) is -1.31. The predicted octanol–water partition coefficient (Wildman–Crippen LogP) is 4.47. The van der Waals surface area contributed by atoms with Crippen LogP contribution in [0.5, 0.6) is 0 Å². The summed E-state index contributed by atoms with van der Waals surface area (Å²) in [6.45, 7) is 0. The normalized spacial score (nSPS) is 10.7. The molecule has 0 aliphatic rings. The van der Waals surface area contributed by atoms with E-state index in [-0.39, 0.29) is 11.5 Å². The first kappa shape index (κ1) is 18.4. The molecule has 4 aromatic rings. The van der Waals surface area contributed by atoms with Gasteiger partial charge in [-0.1, -0.05) is 6.07 Å². The quantitative estimate of drug-likeness (QED) is 0.523. The van der Waals surface area contributed by atoms with Crippen LogP contribution in [0.3, 0.4) is 0 Å². The fourth-order valence-electron chi connectivity index (χ4n) is 3.07. The zero-order chi connectivity index (χ0) is 20.4. The number of nitrogens with zero attached hydrogens (tertiary/aromatic N) is 2. The van der Waals surface area contributed by atoms with Crippen molar-refractivity contribution in [1.82, 2.24) is 10.2 Å². The zero-order valence-corrected chi connectivity index (χ0v) is 15.4. The molecule has 3 aromatic carbocycles. The number of anilines is 2. The highest BCUT2D eigenvalue weighted by atomic mass is 19.1. The van der Waals surface area contributed by atoms with Crippen molar-refractivity contribution in [3.63, 3.8) is 0 Å². The van der Waals surface area contributed by atoms with Crippen molar-refractivity contribution >= 4 is 34.2 Å². The van der Waals surface area contributed by atoms with Gasteiger partial charge in [0, 0.05) is 16.6 Å². The van der Waals surface area contributed by atoms with Crippen LogP contribution in [0.25, 0.3) is 10.9 Å². The van der Waals surface area contributed by atoms with E-state index in [0.717, 1.165) is 10.9 Å². The topological polar surface area (TPSA) is 75.3 Å². The molecule has 29 heavy (non-hydrogen) atoms. The number of rotatable bonds is 4. The van der Waals surface area contributed by atoms with Crippen molar-refractivity contribution in [1.29, 1.82) is 0 Å². The molecule has 0 radical (unpaired) electrons. The lowest BCUT2D eigenvalue weighted by atomic mass is 10.1. The number of hydrogen-bond acceptors (Lipinski definition) is 4. The van der Waals surface area contributed by atoms with Crippen molar-refractivity contribution in [2.45, 2.75) is 0 Å². The van der Waals surface area contributed by atoms with E-state index in [2.05, 4.69) is 10.2 Å². The minimum absolute atomic E-state index is 0.266. The number of fused-ring (bicyclic) bond motifs is 1. The van der Waals surface area contributed by atoms with Crippen molar-refractivity contribution in [2.24, 2.45) is 0 Å². The molecule has 0 saturated heterocycles. The average Bonchev–Trinajstić information content (AvgIpc) is 3.22. The summed E-state index contributed by atoms with van der Waals surface area (Å²) in [5.41, 5.74) is 2.46. The standard InChI is InChI=1S/C22H16FN3O3/c1-29-22(28)15-4-2-3-14(11-15)21(27)26(18-7-5-17(23)6-8-18)19-9-10-20-16(12-19)13-24-25-20/h2-13H,1H3,(H,24,25). The fraction of sp³-hybridized carbons (Fsp3) is 0.0455. The number of ether oxygens (including phenoxy) is 1. The van der Waals surface area contributed by atoms with E-state index in [4.69, 9.17) is 4.74 Å². The van der Waals surface area contributed by atoms with Gasteiger partial charge in [-0.05, 0) is 60.7 Å². The number of carbonyl (C=O) groups excluding carboxylic acids is 2. The number of nitrogens with one attached hydrogen (secondary N) is 1. The Labute approximate surface area is 165 Å². The molecule has 144 valence electrons. The summed E-state index contributed by atoms with van der Waals surface area (Å²) in [4.78, 5) is 26.7. The lowest BCUT2D eigenvalue weighted by Gasteiger charge is -2.23. The summed E-state index contributed by atoms with van der Waals surface area (Å²) in [5, 5.41) is 7.69. The van der Waals surface area contributed by atoms with E-state index >= 15 is 0 Å². The second-order valence-corrected chi connectivity index (χ2v) is 6.33. The highest BCUT2D eigenvalue weighted by Crippen LogP contribution is 2.30. The van der Waals surface area contributed by atoms with Crippen LogP contribution < -0.4 is 4.90 Å². The van der Waals surface area contributed by atoms with Crippen LogP contribution in [-0.4, -0.2) is 29.2 Å². The Kier molecular flexibility index (Phi) is 4.78. The Morgan fingerprint density at radius 1 is 0.966 bits per heavy atom. The molecule has 0 fully saturated rings. The molecule has 0 unspecified atom stereocenters. The molecule has 0 bridgehead atoms. The number of H-pyrrole nitrogens is 1. The van der Waals surface area contributed by atoms with Crippen LogP contribution in [0.15, 0.2) is 72.9 Å². The summed E-state index contributed by atoms with van der Waals surface area (Å²) in [7, 11) is 1.28. The number of methoxy groups -OCH3 is 1. The van der Waals surface area contributed by atoms with E-state index in [9.17, 15) is 14.0 Å². The Bertz CT molecular complexity index is 1200. The number of benzene rings is 3. The van der Waals surface area contributed by atoms with Gasteiger partial charge < -0.3 is 4.74 Å². The van der Waals surface area contributed by atoms with Crippen molar-refractivity contribution in [3.05, 3.63) is 89.9 Å². The van der Waals surface area contributed by atoms with Gasteiger partial charge >= 0.3 is 5.97 Å². The van der Waals surface area contributed by atoms with Crippen LogP contribution in [0.2, 0.25) is 0 Å². The van der Waals surface area contributed by atoms with Crippen molar-refractivity contribution in [2.75, 3.05) is 12.0 Å². The van der Waals surface area contributed by atoms with Gasteiger partial charge in [0.25, 0.3) is 5.91 Å². The first-order chi connectivity index (χ1) is 14.1. The molecule has 0 aliphatic carbocycles. The molecule has 7 heteroatoms. The summed E-state index contributed by atoms with van der Waals surface area (Å²) in [6, 6.07) is 17.3. The molecule has 0 atom stereocenters. The maximum atomic E-state index is 13.5. The second-order valence-electron chi connectivity index (χ2n) is 6.33. The second kappa shape index (κ2) is 7.55. The molecule has 0 aliphatic heterocycles. The van der Waals surface area contributed by atoms with E-state index in [1.54, 1.807) is 30.5 Å². The Hall–Kier alpha value is -4.00. The third-order valence-electron chi connectivity index (χ3n) is 4.50. The summed E-state index contributed by atoms with van der Waals surface area (Å²) < 4.78 is 18.2. The lowest BCUT2D eigenvalue weighted by molar-refractivity contribution is 0.0600. The first-order valence-electron chi connectivity index (χ1n) is 8.78. The van der Waals surface area contributed by atoms with Crippen LogP contribution in [0.4, 0.5) is 15.8 Å². The molecule has 6 nitrogen and oxygen atoms in total. The van der Waals surface area contributed by atoms with Crippen LogP contribution in [-0.2, 0) is 4.74 Å². The van der Waals surface area contributed by atoms with Gasteiger partial charge in [0.2, 0.25) is 0 Å². The van der Waals surface area contributed by atoms with Gasteiger partial charge in [0.05, 0.1) is 30.1 Å². The molecule has 1 N–H and O–H groups in total. The molecule has 4 rings (SSSR count). The molecule has 1 amide bonds. The van der Waals surface area contributed by atoms with E-state index < -0.39 is 11.8 Å². The highest BCUT2D eigenvalue weighted by Gasteiger charge is 2.21. The number of carbonyl (C=O) groups is 2. The monoisotopic (exact) mass is 389 g/mol. The smallest absolute Gasteiger partial charge is 0.337 e. The number of aromatic amines is 1. The predicted molar refractivity (Wildman–Crippen MR) is 107 cm³/mol. The summed E-state index contributed by atoms with van der Waals surface area (Å²) in [6.07, 6.45) is 1.66. The Morgan fingerprint density at radius 2 is 1.69 bits per heavy atom. The molecule has 0 saturated carbocycles. The van der Waals surface area contributed by atoms with Gasteiger partial charge in [-0.3, -0.25) is 14.8 Å². The van der Waals surface area contributed by atoms with Gasteiger partial charge in [0.15, 0.2) is 0 Å². The third kappa shape index (κ3) is 3.58. The maximum Gasteiger partial charge on any atom is 0.337 e. The number of hydrogen-bond donors (Lipinski definition) is 1. The average molecular weight is 389 g/mol. The first-order valence-corrected chi connectivity index (χ1v) is 8.78. The highest BCUT2D eigenvalue weighted by molar-refractivity contribution is 6.12. The molecule has 1 aromatic heterocycles. The van der Waals surface area contributed by atoms with Crippen molar-refractivity contribution < 1.29 is 18.7 Å². The minimum Gasteiger partial charge on any atom is -0.465 e. The van der Waals surface area contributed by atoms with E-state index in [0.29, 0.717) is 16.9 Å². The minimum atomic E-state index is -0.534. The van der Waals surface area contributed by atoms with Crippen LogP contribution >= 0.6 is 0 Å². The summed E-state index contributed by atoms with van der Waals surface area (Å²) >= 11 is 0.